The number of hydrogen-bond acceptors (Lipinski definition) is 4. The maximum Gasteiger partial charge on any atom is 0.261 e. The molecule has 4 N–H and O–H groups in total. The Hall–Kier alpha value is -2.83. The predicted molar refractivity (Wildman–Crippen MR) is 119 cm³/mol. The van der Waals surface area contributed by atoms with E-state index in [-0.39, 0.29) is 5.56 Å². The molecule has 1 atom stereocenters. The Bertz CT molecular complexity index is 1210. The van der Waals surface area contributed by atoms with Crippen molar-refractivity contribution in [2.75, 3.05) is 18.4 Å². The zero-order chi connectivity index (χ0) is 19.8. The van der Waals surface area contributed by atoms with Crippen molar-refractivity contribution in [1.29, 1.82) is 0 Å². The molecule has 0 bridgehead atoms. The van der Waals surface area contributed by atoms with Gasteiger partial charge in [-0.3, -0.25) is 4.79 Å². The maximum absolute atomic E-state index is 13.1. The van der Waals surface area contributed by atoms with Crippen molar-refractivity contribution in [3.05, 3.63) is 57.8 Å². The molecule has 0 saturated carbocycles. The first-order valence-electron chi connectivity index (χ1n) is 9.97. The number of hydrogen-bond donors (Lipinski definition) is 4. The quantitative estimate of drug-likeness (QED) is 0.406. The Morgan fingerprint density at radius 2 is 2.00 bits per heavy atom. The molecule has 2 aromatic carbocycles. The number of halogens is 1. The summed E-state index contributed by atoms with van der Waals surface area (Å²) in [5, 5.41) is 8.58. The molecule has 0 radical (unpaired) electrons. The summed E-state index contributed by atoms with van der Waals surface area (Å²) in [5.41, 5.74) is 3.56. The first kappa shape index (κ1) is 18.2. The van der Waals surface area contributed by atoms with Gasteiger partial charge in [-0.2, -0.15) is 0 Å². The number of nitrogens with zero attached hydrogens (tertiary/aromatic N) is 1. The van der Waals surface area contributed by atoms with Crippen LogP contribution in [0.2, 0.25) is 5.02 Å². The predicted octanol–water partition coefficient (Wildman–Crippen LogP) is 4.28. The van der Waals surface area contributed by atoms with Gasteiger partial charge < -0.3 is 20.6 Å². The van der Waals surface area contributed by atoms with Crippen LogP contribution < -0.4 is 16.2 Å². The molecule has 5 rings (SSSR count). The van der Waals surface area contributed by atoms with Gasteiger partial charge in [0.05, 0.1) is 22.2 Å². The van der Waals surface area contributed by atoms with E-state index in [0.717, 1.165) is 47.1 Å². The number of imidazole rings is 1. The largest absolute Gasteiger partial charge is 0.382 e. The second-order valence-corrected chi connectivity index (χ2v) is 7.96. The minimum absolute atomic E-state index is 0.182. The minimum Gasteiger partial charge on any atom is -0.382 e. The molecule has 2 aromatic heterocycles. The fourth-order valence-electron chi connectivity index (χ4n) is 4.07. The van der Waals surface area contributed by atoms with Gasteiger partial charge in [0.1, 0.15) is 11.4 Å². The third-order valence-corrected chi connectivity index (χ3v) is 5.78. The Balaban J connectivity index is 1.66. The summed E-state index contributed by atoms with van der Waals surface area (Å²) in [6.45, 7) is 1.77. The van der Waals surface area contributed by atoms with Gasteiger partial charge in [-0.25, -0.2) is 4.98 Å². The van der Waals surface area contributed by atoms with Crippen molar-refractivity contribution in [3.63, 3.8) is 0 Å². The molecule has 1 aliphatic rings. The lowest BCUT2D eigenvalue weighted by atomic mass is 10.0. The third kappa shape index (κ3) is 3.50. The fraction of sp³-hybridized carbons (Fsp3) is 0.273. The van der Waals surface area contributed by atoms with Crippen LogP contribution >= 0.6 is 11.6 Å². The zero-order valence-corrected chi connectivity index (χ0v) is 16.6. The number of piperidine rings is 1. The van der Waals surface area contributed by atoms with Crippen LogP contribution in [0.4, 0.5) is 5.69 Å². The number of para-hydroxylation sites is 2. The fourth-order valence-corrected chi connectivity index (χ4v) is 4.24. The van der Waals surface area contributed by atoms with Crippen LogP contribution in [0.25, 0.3) is 33.3 Å². The zero-order valence-electron chi connectivity index (χ0n) is 15.9. The highest BCUT2D eigenvalue weighted by Gasteiger charge is 2.20. The van der Waals surface area contributed by atoms with Crippen LogP contribution in [0, 0.1) is 0 Å². The van der Waals surface area contributed by atoms with E-state index in [0.29, 0.717) is 22.5 Å². The van der Waals surface area contributed by atoms with Gasteiger partial charge in [-0.05, 0) is 49.7 Å². The molecule has 0 spiro atoms. The Morgan fingerprint density at radius 3 is 2.83 bits per heavy atom. The smallest absolute Gasteiger partial charge is 0.261 e. The first-order chi connectivity index (χ1) is 14.2. The van der Waals surface area contributed by atoms with Gasteiger partial charge in [-0.15, -0.1) is 0 Å². The van der Waals surface area contributed by atoms with Crippen LogP contribution in [-0.4, -0.2) is 34.1 Å². The van der Waals surface area contributed by atoms with E-state index in [2.05, 4.69) is 25.6 Å². The molecule has 0 aliphatic carbocycles. The maximum atomic E-state index is 13.1. The number of anilines is 1. The van der Waals surface area contributed by atoms with Crippen LogP contribution in [0.3, 0.4) is 0 Å². The second-order valence-electron chi connectivity index (χ2n) is 7.52. The number of rotatable bonds is 4. The van der Waals surface area contributed by atoms with E-state index in [1.807, 2.05) is 36.4 Å². The van der Waals surface area contributed by atoms with Crippen LogP contribution in [0.15, 0.2) is 47.3 Å². The molecule has 3 heterocycles. The molecule has 1 fully saturated rings. The van der Waals surface area contributed by atoms with Gasteiger partial charge in [0, 0.05) is 23.0 Å². The lowest BCUT2D eigenvalue weighted by Crippen LogP contribution is -2.39. The van der Waals surface area contributed by atoms with E-state index >= 15 is 0 Å². The second kappa shape index (κ2) is 7.54. The van der Waals surface area contributed by atoms with Gasteiger partial charge in [0.15, 0.2) is 0 Å². The standard InChI is InChI=1S/C22H22ClN5O/c23-13-8-9-16-15(11-13)20(25-12-14-5-3-4-10-24-14)19(22(29)28-16)21-26-17-6-1-2-7-18(17)27-21/h1-2,6-9,11,14,24H,3-5,10,12H2,(H,26,27)(H2,25,28,29)/t14-/m0/s1. The SMILES string of the molecule is O=c1[nH]c2ccc(Cl)cc2c(NC[C@@H]2CCCCN2)c1-c1nc2ccccc2[nH]1. The van der Waals surface area contributed by atoms with Crippen molar-refractivity contribution in [2.45, 2.75) is 25.3 Å². The number of aromatic amines is 2. The van der Waals surface area contributed by atoms with Crippen LogP contribution in [0.5, 0.6) is 0 Å². The van der Waals surface area contributed by atoms with E-state index in [9.17, 15) is 4.79 Å². The van der Waals surface area contributed by atoms with E-state index < -0.39 is 0 Å². The Morgan fingerprint density at radius 1 is 1.10 bits per heavy atom. The van der Waals surface area contributed by atoms with E-state index in [1.54, 1.807) is 6.07 Å². The topological polar surface area (TPSA) is 85.6 Å². The number of pyridine rings is 1. The number of aromatic nitrogens is 3. The molecule has 4 aromatic rings. The van der Waals surface area contributed by atoms with Gasteiger partial charge >= 0.3 is 0 Å². The number of fused-ring (bicyclic) bond motifs is 2. The summed E-state index contributed by atoms with van der Waals surface area (Å²) >= 11 is 6.29. The van der Waals surface area contributed by atoms with E-state index in [1.165, 1.54) is 12.8 Å². The highest BCUT2D eigenvalue weighted by atomic mass is 35.5. The summed E-state index contributed by atoms with van der Waals surface area (Å²) < 4.78 is 0. The highest BCUT2D eigenvalue weighted by molar-refractivity contribution is 6.31. The lowest BCUT2D eigenvalue weighted by molar-refractivity contribution is 0.414. The van der Waals surface area contributed by atoms with Crippen molar-refractivity contribution < 1.29 is 0 Å². The Labute approximate surface area is 172 Å². The molecular weight excluding hydrogens is 386 g/mol. The van der Waals surface area contributed by atoms with Crippen molar-refractivity contribution >= 4 is 39.2 Å². The molecule has 6 nitrogen and oxygen atoms in total. The molecule has 7 heteroatoms. The Kier molecular flexibility index (Phi) is 4.73. The molecular formula is C22H22ClN5O. The summed E-state index contributed by atoms with van der Waals surface area (Å²) in [7, 11) is 0. The molecule has 0 amide bonds. The highest BCUT2D eigenvalue weighted by Crippen LogP contribution is 2.32. The molecule has 29 heavy (non-hydrogen) atoms. The van der Waals surface area contributed by atoms with Gasteiger partial charge in [0.2, 0.25) is 0 Å². The third-order valence-electron chi connectivity index (χ3n) is 5.54. The van der Waals surface area contributed by atoms with Gasteiger partial charge in [0.25, 0.3) is 5.56 Å². The van der Waals surface area contributed by atoms with E-state index in [4.69, 9.17) is 11.6 Å². The summed E-state index contributed by atoms with van der Waals surface area (Å²) in [6, 6.07) is 13.7. The molecule has 1 aliphatic heterocycles. The number of H-pyrrole nitrogens is 2. The van der Waals surface area contributed by atoms with Crippen LogP contribution in [-0.2, 0) is 0 Å². The molecule has 148 valence electrons. The average molecular weight is 408 g/mol. The summed E-state index contributed by atoms with van der Waals surface area (Å²) in [4.78, 5) is 24.0. The number of nitrogens with one attached hydrogen (secondary N) is 4. The van der Waals surface area contributed by atoms with Crippen LogP contribution in [0.1, 0.15) is 19.3 Å². The summed E-state index contributed by atoms with van der Waals surface area (Å²) in [5.74, 6) is 0.549. The average Bonchev–Trinajstić information content (AvgIpc) is 3.16. The lowest BCUT2D eigenvalue weighted by Gasteiger charge is -2.25. The minimum atomic E-state index is -0.182. The molecule has 0 unspecified atom stereocenters. The van der Waals surface area contributed by atoms with Crippen molar-refractivity contribution in [1.82, 2.24) is 20.3 Å². The summed E-state index contributed by atoms with van der Waals surface area (Å²) in [6.07, 6.45) is 3.55. The van der Waals surface area contributed by atoms with Gasteiger partial charge in [-0.1, -0.05) is 30.2 Å². The normalized spacial score (nSPS) is 17.1. The van der Waals surface area contributed by atoms with Crippen molar-refractivity contribution in [3.8, 4) is 11.4 Å². The molecule has 1 saturated heterocycles. The number of benzene rings is 2. The monoisotopic (exact) mass is 407 g/mol. The van der Waals surface area contributed by atoms with Crippen molar-refractivity contribution in [2.24, 2.45) is 0 Å². The first-order valence-corrected chi connectivity index (χ1v) is 10.3.